The molecule has 0 spiro atoms. The van der Waals surface area contributed by atoms with Gasteiger partial charge in [0.15, 0.2) is 0 Å². The molecule has 7 heteroatoms. The zero-order chi connectivity index (χ0) is 15.0. The van der Waals surface area contributed by atoms with Crippen LogP contribution in [0.3, 0.4) is 0 Å². The molecule has 20 heavy (non-hydrogen) atoms. The lowest BCUT2D eigenvalue weighted by Crippen LogP contribution is -2.41. The van der Waals surface area contributed by atoms with E-state index < -0.39 is 10.2 Å². The molecule has 0 amide bonds. The maximum Gasteiger partial charge on any atom is 0.281 e. The number of para-hydroxylation sites is 1. The molecular formula is C13H19N3O3S. The Kier molecular flexibility index (Phi) is 6.45. The van der Waals surface area contributed by atoms with Gasteiger partial charge in [0.05, 0.1) is 6.07 Å². The molecule has 0 aliphatic carbocycles. The number of nitriles is 1. The van der Waals surface area contributed by atoms with E-state index in [0.717, 1.165) is 0 Å². The third kappa shape index (κ3) is 4.81. The van der Waals surface area contributed by atoms with Crippen LogP contribution in [0.15, 0.2) is 30.3 Å². The van der Waals surface area contributed by atoms with Crippen molar-refractivity contribution in [2.45, 2.75) is 6.42 Å². The average molecular weight is 297 g/mol. The van der Waals surface area contributed by atoms with Crippen LogP contribution < -0.4 is 4.74 Å². The third-order valence-electron chi connectivity index (χ3n) is 2.74. The zero-order valence-corrected chi connectivity index (χ0v) is 12.5. The summed E-state index contributed by atoms with van der Waals surface area (Å²) in [6.07, 6.45) is 0.171. The van der Waals surface area contributed by atoms with Crippen molar-refractivity contribution in [2.24, 2.45) is 0 Å². The molecule has 0 heterocycles. The van der Waals surface area contributed by atoms with Gasteiger partial charge in [0.2, 0.25) is 0 Å². The summed E-state index contributed by atoms with van der Waals surface area (Å²) in [7, 11) is -0.578. The van der Waals surface area contributed by atoms with Gasteiger partial charge in [0.1, 0.15) is 12.4 Å². The molecule has 110 valence electrons. The average Bonchev–Trinajstić information content (AvgIpc) is 2.45. The number of ether oxygens (including phenoxy) is 1. The Labute approximate surface area is 120 Å². The quantitative estimate of drug-likeness (QED) is 0.720. The zero-order valence-electron chi connectivity index (χ0n) is 11.7. The van der Waals surface area contributed by atoms with E-state index in [4.69, 9.17) is 10.00 Å². The highest BCUT2D eigenvalue weighted by molar-refractivity contribution is 7.86. The summed E-state index contributed by atoms with van der Waals surface area (Å²) in [6, 6.07) is 11.1. The van der Waals surface area contributed by atoms with Crippen LogP contribution >= 0.6 is 0 Å². The Balaban J connectivity index is 2.45. The van der Waals surface area contributed by atoms with Crippen molar-refractivity contribution in [1.82, 2.24) is 8.61 Å². The number of rotatable bonds is 8. The van der Waals surface area contributed by atoms with Crippen LogP contribution in [0, 0.1) is 11.3 Å². The SMILES string of the molecule is CN(CCC#N)S(=O)(=O)N(C)CCOc1ccccc1. The Morgan fingerprint density at radius 2 is 1.75 bits per heavy atom. The Morgan fingerprint density at radius 3 is 2.35 bits per heavy atom. The molecule has 0 radical (unpaired) electrons. The molecule has 0 N–H and O–H groups in total. The van der Waals surface area contributed by atoms with Crippen molar-refractivity contribution >= 4 is 10.2 Å². The van der Waals surface area contributed by atoms with E-state index in [0.29, 0.717) is 5.75 Å². The lowest BCUT2D eigenvalue weighted by molar-refractivity contribution is 0.279. The van der Waals surface area contributed by atoms with E-state index >= 15 is 0 Å². The maximum atomic E-state index is 12.1. The second kappa shape index (κ2) is 7.85. The lowest BCUT2D eigenvalue weighted by atomic mass is 10.3. The van der Waals surface area contributed by atoms with E-state index in [-0.39, 0.29) is 26.1 Å². The Morgan fingerprint density at radius 1 is 1.15 bits per heavy atom. The lowest BCUT2D eigenvalue weighted by Gasteiger charge is -2.23. The number of benzene rings is 1. The second-order valence-corrected chi connectivity index (χ2v) is 6.36. The first-order valence-electron chi connectivity index (χ1n) is 6.21. The van der Waals surface area contributed by atoms with E-state index in [2.05, 4.69) is 0 Å². The molecule has 0 atom stereocenters. The molecule has 0 saturated carbocycles. The van der Waals surface area contributed by atoms with Gasteiger partial charge in [-0.1, -0.05) is 18.2 Å². The second-order valence-electron chi connectivity index (χ2n) is 4.22. The predicted octanol–water partition coefficient (Wildman–Crippen LogP) is 1.09. The molecule has 0 bridgehead atoms. The van der Waals surface area contributed by atoms with Crippen LogP contribution in [0.25, 0.3) is 0 Å². The summed E-state index contributed by atoms with van der Waals surface area (Å²) < 4.78 is 32.0. The van der Waals surface area contributed by atoms with E-state index in [1.807, 2.05) is 36.4 Å². The summed E-state index contributed by atoms with van der Waals surface area (Å²) >= 11 is 0. The number of nitrogens with zero attached hydrogens (tertiary/aromatic N) is 3. The van der Waals surface area contributed by atoms with Gasteiger partial charge in [-0.15, -0.1) is 0 Å². The molecular weight excluding hydrogens is 278 g/mol. The van der Waals surface area contributed by atoms with E-state index in [9.17, 15) is 8.42 Å². The fourth-order valence-electron chi connectivity index (χ4n) is 1.48. The monoisotopic (exact) mass is 297 g/mol. The van der Waals surface area contributed by atoms with Crippen LogP contribution in [0.5, 0.6) is 5.75 Å². The fraction of sp³-hybridized carbons (Fsp3) is 0.462. The number of hydrogen-bond donors (Lipinski definition) is 0. The standard InChI is InChI=1S/C13H19N3O3S/c1-15(10-6-9-14)20(17,18)16(2)11-12-19-13-7-4-3-5-8-13/h3-5,7-8H,6,10-12H2,1-2H3. The van der Waals surface area contributed by atoms with Gasteiger partial charge in [-0.3, -0.25) is 0 Å². The first-order chi connectivity index (χ1) is 9.48. The summed E-state index contributed by atoms with van der Waals surface area (Å²) in [5, 5.41) is 8.48. The van der Waals surface area contributed by atoms with Gasteiger partial charge in [0, 0.05) is 33.6 Å². The molecule has 0 unspecified atom stereocenters. The highest BCUT2D eigenvalue weighted by Gasteiger charge is 2.22. The molecule has 1 aromatic rings. The highest BCUT2D eigenvalue weighted by atomic mass is 32.2. The van der Waals surface area contributed by atoms with E-state index in [1.54, 1.807) is 0 Å². The minimum Gasteiger partial charge on any atom is -0.492 e. The van der Waals surface area contributed by atoms with Crippen LogP contribution in [0.1, 0.15) is 6.42 Å². The maximum absolute atomic E-state index is 12.1. The smallest absolute Gasteiger partial charge is 0.281 e. The highest BCUT2D eigenvalue weighted by Crippen LogP contribution is 2.09. The van der Waals surface area contributed by atoms with Crippen molar-refractivity contribution in [1.29, 1.82) is 5.26 Å². The predicted molar refractivity (Wildman–Crippen MR) is 76.3 cm³/mol. The minimum absolute atomic E-state index is 0.171. The minimum atomic E-state index is -3.53. The molecule has 0 aliphatic heterocycles. The van der Waals surface area contributed by atoms with Crippen LogP contribution in [-0.2, 0) is 10.2 Å². The molecule has 0 fully saturated rings. The van der Waals surface area contributed by atoms with Crippen molar-refractivity contribution in [3.8, 4) is 11.8 Å². The number of hydrogen-bond acceptors (Lipinski definition) is 4. The van der Waals surface area contributed by atoms with Crippen LogP contribution in [0.4, 0.5) is 0 Å². The van der Waals surface area contributed by atoms with Crippen molar-refractivity contribution < 1.29 is 13.2 Å². The Hall–Kier alpha value is -1.62. The molecule has 6 nitrogen and oxygen atoms in total. The normalized spacial score (nSPS) is 11.6. The molecule has 1 rings (SSSR count). The first-order valence-corrected chi connectivity index (χ1v) is 7.60. The van der Waals surface area contributed by atoms with Gasteiger partial charge in [-0.2, -0.15) is 22.3 Å². The summed E-state index contributed by atoms with van der Waals surface area (Å²) in [5.74, 6) is 0.705. The third-order valence-corrected chi connectivity index (χ3v) is 4.68. The number of likely N-dealkylation sites (N-methyl/N-ethyl adjacent to an activating group) is 1. The molecule has 1 aromatic carbocycles. The summed E-state index contributed by atoms with van der Waals surface area (Å²) in [5.41, 5.74) is 0. The van der Waals surface area contributed by atoms with Crippen LogP contribution in [0.2, 0.25) is 0 Å². The molecule has 0 saturated heterocycles. The van der Waals surface area contributed by atoms with Gasteiger partial charge < -0.3 is 4.74 Å². The molecule has 0 aromatic heterocycles. The van der Waals surface area contributed by atoms with Crippen molar-refractivity contribution in [2.75, 3.05) is 33.8 Å². The Bertz CT molecular complexity index is 540. The summed E-state index contributed by atoms with van der Waals surface area (Å²) in [4.78, 5) is 0. The largest absolute Gasteiger partial charge is 0.492 e. The van der Waals surface area contributed by atoms with Gasteiger partial charge >= 0.3 is 0 Å². The van der Waals surface area contributed by atoms with Crippen molar-refractivity contribution in [3.05, 3.63) is 30.3 Å². The first kappa shape index (κ1) is 16.4. The van der Waals surface area contributed by atoms with Gasteiger partial charge in [0.25, 0.3) is 10.2 Å². The van der Waals surface area contributed by atoms with Crippen molar-refractivity contribution in [3.63, 3.8) is 0 Å². The van der Waals surface area contributed by atoms with Gasteiger partial charge in [-0.25, -0.2) is 0 Å². The summed E-state index contributed by atoms with van der Waals surface area (Å²) in [6.45, 7) is 0.697. The van der Waals surface area contributed by atoms with Gasteiger partial charge in [-0.05, 0) is 12.1 Å². The van der Waals surface area contributed by atoms with Crippen LogP contribution in [-0.4, -0.2) is 50.8 Å². The topological polar surface area (TPSA) is 73.6 Å². The fourth-order valence-corrected chi connectivity index (χ4v) is 2.59. The molecule has 0 aliphatic rings. The van der Waals surface area contributed by atoms with E-state index in [1.165, 1.54) is 22.7 Å².